The smallest absolute Gasteiger partial charge is 0.261 e. The van der Waals surface area contributed by atoms with Crippen molar-refractivity contribution < 1.29 is 13.6 Å². The number of hydrogen-bond donors (Lipinski definition) is 1. The van der Waals surface area contributed by atoms with E-state index >= 15 is 0 Å². The summed E-state index contributed by atoms with van der Waals surface area (Å²) >= 11 is 0. The van der Waals surface area contributed by atoms with Gasteiger partial charge in [-0.2, -0.15) is 0 Å². The molecule has 0 unspecified atom stereocenters. The molecule has 1 amide bonds. The predicted molar refractivity (Wildman–Crippen MR) is 90.3 cm³/mol. The van der Waals surface area contributed by atoms with E-state index in [4.69, 9.17) is 0 Å². The fourth-order valence-electron chi connectivity index (χ4n) is 2.51. The van der Waals surface area contributed by atoms with Crippen LogP contribution in [0.4, 0.5) is 14.5 Å². The van der Waals surface area contributed by atoms with Crippen LogP contribution < -0.4 is 10.9 Å². The van der Waals surface area contributed by atoms with Gasteiger partial charge in [0.1, 0.15) is 5.82 Å². The van der Waals surface area contributed by atoms with Gasteiger partial charge >= 0.3 is 0 Å². The maximum absolute atomic E-state index is 13.2. The highest BCUT2D eigenvalue weighted by molar-refractivity contribution is 5.90. The molecule has 1 aromatic heterocycles. The number of nitrogens with one attached hydrogen (secondary N) is 1. The number of carbonyl (C=O) groups excluding carboxylic acids is 1. The van der Waals surface area contributed by atoms with Crippen LogP contribution in [0.25, 0.3) is 10.9 Å². The molecule has 0 atom stereocenters. The Hall–Kier alpha value is -3.09. The fraction of sp³-hybridized carbons (Fsp3) is 0.167. The molecule has 0 aliphatic rings. The number of fused-ring (bicyclic) bond motifs is 1. The first-order valence-corrected chi connectivity index (χ1v) is 7.65. The number of anilines is 1. The van der Waals surface area contributed by atoms with Gasteiger partial charge in [0.15, 0.2) is 11.6 Å². The molecule has 7 heteroatoms. The number of nitrogens with zero attached hydrogens (tertiary/aromatic N) is 2. The molecule has 5 nitrogen and oxygen atoms in total. The molecule has 0 radical (unpaired) electrons. The molecule has 0 spiro atoms. The highest BCUT2D eigenvalue weighted by Crippen LogP contribution is 2.14. The number of benzene rings is 2. The molecule has 0 bridgehead atoms. The van der Waals surface area contributed by atoms with Crippen molar-refractivity contribution in [1.29, 1.82) is 0 Å². The lowest BCUT2D eigenvalue weighted by molar-refractivity contribution is -0.116. The van der Waals surface area contributed by atoms with Crippen molar-refractivity contribution in [3.05, 3.63) is 70.3 Å². The van der Waals surface area contributed by atoms with Crippen LogP contribution in [0.1, 0.15) is 12.2 Å². The van der Waals surface area contributed by atoms with Crippen molar-refractivity contribution in [2.24, 2.45) is 7.05 Å². The number of aromatic nitrogens is 2. The largest absolute Gasteiger partial charge is 0.326 e. The number of para-hydroxylation sites is 1. The quantitative estimate of drug-likeness (QED) is 0.792. The van der Waals surface area contributed by atoms with E-state index in [0.717, 1.165) is 12.1 Å². The van der Waals surface area contributed by atoms with E-state index in [1.54, 1.807) is 31.3 Å². The van der Waals surface area contributed by atoms with Crippen LogP contribution in [-0.2, 0) is 18.3 Å². The number of halogens is 2. The Labute approximate surface area is 141 Å². The van der Waals surface area contributed by atoms with Crippen molar-refractivity contribution in [2.45, 2.75) is 12.8 Å². The molecule has 0 fully saturated rings. The molecular weight excluding hydrogens is 328 g/mol. The molecule has 3 rings (SSSR count). The van der Waals surface area contributed by atoms with Gasteiger partial charge < -0.3 is 5.32 Å². The Morgan fingerprint density at radius 1 is 1.16 bits per heavy atom. The molecular formula is C18H15F2N3O2. The van der Waals surface area contributed by atoms with E-state index in [1.807, 2.05) is 0 Å². The topological polar surface area (TPSA) is 64.0 Å². The second-order valence-corrected chi connectivity index (χ2v) is 5.59. The van der Waals surface area contributed by atoms with Crippen molar-refractivity contribution in [1.82, 2.24) is 9.55 Å². The Balaban J connectivity index is 1.73. The number of rotatable bonds is 4. The molecule has 2 aromatic carbocycles. The van der Waals surface area contributed by atoms with Crippen LogP contribution in [0, 0.1) is 11.6 Å². The Kier molecular flexibility index (Phi) is 4.56. The second kappa shape index (κ2) is 6.80. The van der Waals surface area contributed by atoms with Gasteiger partial charge in [-0.25, -0.2) is 13.8 Å². The molecule has 1 N–H and O–H groups in total. The van der Waals surface area contributed by atoms with Crippen LogP contribution in [0.15, 0.2) is 47.3 Å². The molecule has 0 saturated carbocycles. The van der Waals surface area contributed by atoms with E-state index in [2.05, 4.69) is 10.3 Å². The third-order valence-corrected chi connectivity index (χ3v) is 3.85. The molecule has 3 aromatic rings. The molecule has 1 heterocycles. The van der Waals surface area contributed by atoms with E-state index in [1.165, 1.54) is 10.6 Å². The summed E-state index contributed by atoms with van der Waals surface area (Å²) in [6.45, 7) is 0. The summed E-state index contributed by atoms with van der Waals surface area (Å²) in [5.41, 5.74) is 0.562. The van der Waals surface area contributed by atoms with Crippen molar-refractivity contribution in [3.63, 3.8) is 0 Å². The minimum Gasteiger partial charge on any atom is -0.326 e. The van der Waals surface area contributed by atoms with Crippen molar-refractivity contribution in [2.75, 3.05) is 5.32 Å². The first-order chi connectivity index (χ1) is 12.0. The summed E-state index contributed by atoms with van der Waals surface area (Å²) < 4.78 is 27.4. The lowest BCUT2D eigenvalue weighted by Gasteiger charge is -2.09. The first-order valence-electron chi connectivity index (χ1n) is 7.65. The normalized spacial score (nSPS) is 10.8. The second-order valence-electron chi connectivity index (χ2n) is 5.59. The highest BCUT2D eigenvalue weighted by atomic mass is 19.2. The average molecular weight is 343 g/mol. The Bertz CT molecular complexity index is 1010. The Morgan fingerprint density at radius 2 is 1.92 bits per heavy atom. The van der Waals surface area contributed by atoms with Gasteiger partial charge in [-0.1, -0.05) is 12.1 Å². The number of aryl methyl sites for hydroxylation is 1. The van der Waals surface area contributed by atoms with Crippen molar-refractivity contribution >= 4 is 22.5 Å². The summed E-state index contributed by atoms with van der Waals surface area (Å²) in [4.78, 5) is 28.7. The van der Waals surface area contributed by atoms with Gasteiger partial charge in [-0.3, -0.25) is 14.2 Å². The van der Waals surface area contributed by atoms with Crippen LogP contribution in [0.2, 0.25) is 0 Å². The lowest BCUT2D eigenvalue weighted by atomic mass is 10.2. The lowest BCUT2D eigenvalue weighted by Crippen LogP contribution is -2.23. The van der Waals surface area contributed by atoms with Gasteiger partial charge in [0.05, 0.1) is 10.9 Å². The zero-order valence-electron chi connectivity index (χ0n) is 13.4. The maximum Gasteiger partial charge on any atom is 0.261 e. The summed E-state index contributed by atoms with van der Waals surface area (Å²) in [5.74, 6) is -1.91. The van der Waals surface area contributed by atoms with E-state index in [-0.39, 0.29) is 30.0 Å². The highest BCUT2D eigenvalue weighted by Gasteiger charge is 2.11. The van der Waals surface area contributed by atoms with E-state index in [9.17, 15) is 18.4 Å². The minimum absolute atomic E-state index is 0.0532. The third-order valence-electron chi connectivity index (χ3n) is 3.85. The SMILES string of the molecule is Cn1c(CCC(=O)Nc2ccc(F)c(F)c2)nc2ccccc2c1=O. The molecule has 0 saturated heterocycles. The van der Waals surface area contributed by atoms with E-state index < -0.39 is 11.6 Å². The summed E-state index contributed by atoms with van der Waals surface area (Å²) in [7, 11) is 1.60. The molecule has 0 aliphatic carbocycles. The summed E-state index contributed by atoms with van der Waals surface area (Å²) in [5, 5.41) is 3.00. The third kappa shape index (κ3) is 3.55. The van der Waals surface area contributed by atoms with Gasteiger partial charge in [-0.05, 0) is 24.3 Å². The number of amides is 1. The standard InChI is InChI=1S/C18H15F2N3O2/c1-23-16(22-15-5-3-2-4-12(15)18(23)25)8-9-17(24)21-11-6-7-13(19)14(20)10-11/h2-7,10H,8-9H2,1H3,(H,21,24). The van der Waals surface area contributed by atoms with Gasteiger partial charge in [-0.15, -0.1) is 0 Å². The number of carbonyl (C=O) groups is 1. The monoisotopic (exact) mass is 343 g/mol. The number of hydrogen-bond acceptors (Lipinski definition) is 3. The zero-order valence-corrected chi connectivity index (χ0v) is 13.4. The van der Waals surface area contributed by atoms with Gasteiger partial charge in [0.25, 0.3) is 5.56 Å². The van der Waals surface area contributed by atoms with Gasteiger partial charge in [0, 0.05) is 31.6 Å². The summed E-state index contributed by atoms with van der Waals surface area (Å²) in [6, 6.07) is 10.1. The first kappa shape index (κ1) is 16.8. The molecule has 0 aliphatic heterocycles. The molecule has 25 heavy (non-hydrogen) atoms. The van der Waals surface area contributed by atoms with Crippen molar-refractivity contribution in [3.8, 4) is 0 Å². The van der Waals surface area contributed by atoms with Gasteiger partial charge in [0.2, 0.25) is 5.91 Å². The minimum atomic E-state index is -1.03. The maximum atomic E-state index is 13.2. The van der Waals surface area contributed by atoms with Crippen LogP contribution >= 0.6 is 0 Å². The van der Waals surface area contributed by atoms with Crippen LogP contribution in [-0.4, -0.2) is 15.5 Å². The van der Waals surface area contributed by atoms with Crippen LogP contribution in [0.3, 0.4) is 0 Å². The Morgan fingerprint density at radius 3 is 2.68 bits per heavy atom. The zero-order chi connectivity index (χ0) is 18.0. The predicted octanol–water partition coefficient (Wildman–Crippen LogP) is 2.78. The summed E-state index contributed by atoms with van der Waals surface area (Å²) in [6.07, 6.45) is 0.295. The fourth-order valence-corrected chi connectivity index (χ4v) is 2.51. The van der Waals surface area contributed by atoms with E-state index in [0.29, 0.717) is 16.7 Å². The average Bonchev–Trinajstić information content (AvgIpc) is 2.60. The molecule has 128 valence electrons. The van der Waals surface area contributed by atoms with Crippen LogP contribution in [0.5, 0.6) is 0 Å².